The number of carbonyl (C=O) groups is 2. The van der Waals surface area contributed by atoms with Gasteiger partial charge in [-0.05, 0) is 53.6 Å². The van der Waals surface area contributed by atoms with Gasteiger partial charge >= 0.3 is 5.97 Å². The van der Waals surface area contributed by atoms with Crippen LogP contribution >= 0.6 is 22.6 Å². The van der Waals surface area contributed by atoms with E-state index in [4.69, 9.17) is 10.8 Å². The summed E-state index contributed by atoms with van der Waals surface area (Å²) in [5, 5.41) is 11.7. The highest BCUT2D eigenvalue weighted by atomic mass is 127. The summed E-state index contributed by atoms with van der Waals surface area (Å²) < 4.78 is 0.790. The summed E-state index contributed by atoms with van der Waals surface area (Å²) in [6.07, 6.45) is 0.976. The summed E-state index contributed by atoms with van der Waals surface area (Å²) in [7, 11) is 0. The minimum absolute atomic E-state index is 0.0646. The van der Waals surface area contributed by atoms with Crippen molar-refractivity contribution in [3.05, 3.63) is 27.3 Å². The molecule has 1 rings (SSSR count). The quantitative estimate of drug-likeness (QED) is 0.689. The summed E-state index contributed by atoms with van der Waals surface area (Å²) in [6.45, 7) is 3.66. The molecular weight excluding hydrogens is 359 g/mol. The molecule has 1 amide bonds. The number of rotatable bonds is 5. The molecule has 0 heterocycles. The number of hydrogen-bond donors (Lipinski definition) is 3. The summed E-state index contributed by atoms with van der Waals surface area (Å²) >= 11 is 2.02. The number of amides is 1. The summed E-state index contributed by atoms with van der Waals surface area (Å²) in [5.41, 5.74) is 5.35. The van der Waals surface area contributed by atoms with Crippen molar-refractivity contribution >= 4 is 40.2 Å². The number of hydrogen-bond acceptors (Lipinski definition) is 3. The van der Waals surface area contributed by atoms with E-state index >= 15 is 0 Å². The number of nitrogens with one attached hydrogen (secondary N) is 1. The molecule has 0 radical (unpaired) electrons. The van der Waals surface area contributed by atoms with Gasteiger partial charge in [-0.3, -0.25) is 4.79 Å². The molecule has 0 fully saturated rings. The van der Waals surface area contributed by atoms with Crippen molar-refractivity contribution in [3.8, 4) is 0 Å². The molecule has 0 bridgehead atoms. The third kappa shape index (κ3) is 3.66. The Balaban J connectivity index is 3.06. The van der Waals surface area contributed by atoms with Gasteiger partial charge in [-0.15, -0.1) is 0 Å². The predicted molar refractivity (Wildman–Crippen MR) is 82.2 cm³/mol. The molecule has 0 aliphatic heterocycles. The second kappa shape index (κ2) is 6.33. The van der Waals surface area contributed by atoms with Gasteiger partial charge in [0.05, 0.1) is 16.8 Å². The minimum atomic E-state index is -1.08. The zero-order chi connectivity index (χ0) is 14.6. The summed E-state index contributed by atoms with van der Waals surface area (Å²) in [6, 6.07) is 4.82. The lowest BCUT2D eigenvalue weighted by Crippen LogP contribution is -2.50. The van der Waals surface area contributed by atoms with Crippen LogP contribution in [0.15, 0.2) is 18.2 Å². The zero-order valence-electron chi connectivity index (χ0n) is 10.9. The first-order valence-electron chi connectivity index (χ1n) is 5.97. The first kappa shape index (κ1) is 15.9. The van der Waals surface area contributed by atoms with Crippen molar-refractivity contribution in [2.75, 3.05) is 5.32 Å². The fraction of sp³-hybridized carbons (Fsp3) is 0.385. The Morgan fingerprint density at radius 3 is 2.42 bits per heavy atom. The highest BCUT2D eigenvalue weighted by Gasteiger charge is 2.30. The molecule has 0 spiro atoms. The number of anilines is 1. The van der Waals surface area contributed by atoms with E-state index in [1.165, 1.54) is 6.07 Å². The zero-order valence-corrected chi connectivity index (χ0v) is 13.0. The Labute approximate surface area is 125 Å². The van der Waals surface area contributed by atoms with Crippen LogP contribution in [0.1, 0.15) is 37.0 Å². The topological polar surface area (TPSA) is 92.4 Å². The Morgan fingerprint density at radius 1 is 1.37 bits per heavy atom. The van der Waals surface area contributed by atoms with Gasteiger partial charge in [-0.1, -0.05) is 13.8 Å². The van der Waals surface area contributed by atoms with Crippen molar-refractivity contribution in [1.82, 2.24) is 0 Å². The Morgan fingerprint density at radius 2 is 1.95 bits per heavy atom. The van der Waals surface area contributed by atoms with Crippen LogP contribution in [-0.2, 0) is 4.79 Å². The largest absolute Gasteiger partial charge is 0.478 e. The van der Waals surface area contributed by atoms with E-state index in [1.54, 1.807) is 12.1 Å². The van der Waals surface area contributed by atoms with Gasteiger partial charge in [-0.25, -0.2) is 4.79 Å². The van der Waals surface area contributed by atoms with E-state index < -0.39 is 11.5 Å². The standard InChI is InChI=1S/C13H17IN2O3/c1-3-13(15,4-2)12(19)16-10-6-5-8(14)7-9(10)11(17)18/h5-7H,3-4,15H2,1-2H3,(H,16,19)(H,17,18). The molecular formula is C13H17IN2O3. The van der Waals surface area contributed by atoms with Gasteiger partial charge in [-0.2, -0.15) is 0 Å². The van der Waals surface area contributed by atoms with Crippen LogP contribution in [0.2, 0.25) is 0 Å². The summed E-state index contributed by atoms with van der Waals surface area (Å²) in [5.74, 6) is -1.44. The lowest BCUT2D eigenvalue weighted by molar-refractivity contribution is -0.121. The van der Waals surface area contributed by atoms with E-state index in [0.717, 1.165) is 3.57 Å². The molecule has 0 unspecified atom stereocenters. The van der Waals surface area contributed by atoms with Crippen molar-refractivity contribution < 1.29 is 14.7 Å². The monoisotopic (exact) mass is 376 g/mol. The number of benzene rings is 1. The molecule has 0 aromatic heterocycles. The normalized spacial score (nSPS) is 11.2. The molecule has 6 heteroatoms. The average Bonchev–Trinajstić information content (AvgIpc) is 2.39. The lowest BCUT2D eigenvalue weighted by atomic mass is 9.93. The molecule has 1 aromatic carbocycles. The van der Waals surface area contributed by atoms with E-state index in [1.807, 2.05) is 36.4 Å². The minimum Gasteiger partial charge on any atom is -0.478 e. The van der Waals surface area contributed by atoms with Crippen LogP contribution in [0.3, 0.4) is 0 Å². The van der Waals surface area contributed by atoms with E-state index in [9.17, 15) is 9.59 Å². The number of nitrogens with two attached hydrogens (primary N) is 1. The van der Waals surface area contributed by atoms with Crippen LogP contribution in [-0.4, -0.2) is 22.5 Å². The summed E-state index contributed by atoms with van der Waals surface area (Å²) in [4.78, 5) is 23.3. The van der Waals surface area contributed by atoms with Gasteiger partial charge in [0.1, 0.15) is 0 Å². The molecule has 0 saturated carbocycles. The maximum absolute atomic E-state index is 12.1. The maximum atomic E-state index is 12.1. The van der Waals surface area contributed by atoms with Gasteiger partial charge < -0.3 is 16.2 Å². The van der Waals surface area contributed by atoms with E-state index in [0.29, 0.717) is 12.8 Å². The Kier molecular flexibility index (Phi) is 5.30. The van der Waals surface area contributed by atoms with Gasteiger partial charge in [0.15, 0.2) is 0 Å². The molecule has 104 valence electrons. The third-order valence-corrected chi connectivity index (χ3v) is 3.85. The molecule has 4 N–H and O–H groups in total. The SMILES string of the molecule is CCC(N)(CC)C(=O)Nc1ccc(I)cc1C(=O)O. The number of aromatic carboxylic acids is 1. The van der Waals surface area contributed by atoms with Crippen molar-refractivity contribution in [1.29, 1.82) is 0 Å². The van der Waals surface area contributed by atoms with Crippen LogP contribution in [0.4, 0.5) is 5.69 Å². The highest BCUT2D eigenvalue weighted by molar-refractivity contribution is 14.1. The third-order valence-electron chi connectivity index (χ3n) is 3.17. The van der Waals surface area contributed by atoms with Crippen LogP contribution in [0.5, 0.6) is 0 Å². The van der Waals surface area contributed by atoms with Gasteiger partial charge in [0, 0.05) is 3.57 Å². The highest BCUT2D eigenvalue weighted by Crippen LogP contribution is 2.21. The smallest absolute Gasteiger partial charge is 0.337 e. The van der Waals surface area contributed by atoms with Crippen LogP contribution in [0.25, 0.3) is 0 Å². The lowest BCUT2D eigenvalue weighted by Gasteiger charge is -2.25. The average molecular weight is 376 g/mol. The maximum Gasteiger partial charge on any atom is 0.337 e. The molecule has 0 atom stereocenters. The number of carbonyl (C=O) groups excluding carboxylic acids is 1. The molecule has 1 aromatic rings. The fourth-order valence-electron chi connectivity index (χ4n) is 1.62. The van der Waals surface area contributed by atoms with E-state index in [-0.39, 0.29) is 17.2 Å². The fourth-order valence-corrected chi connectivity index (χ4v) is 2.11. The predicted octanol–water partition coefficient (Wildman–Crippen LogP) is 2.45. The van der Waals surface area contributed by atoms with Gasteiger partial charge in [0.25, 0.3) is 0 Å². The van der Waals surface area contributed by atoms with E-state index in [2.05, 4.69) is 5.32 Å². The molecule has 0 saturated heterocycles. The Bertz CT molecular complexity index is 499. The second-order valence-corrected chi connectivity index (χ2v) is 5.56. The van der Waals surface area contributed by atoms with Crippen LogP contribution in [0, 0.1) is 3.57 Å². The van der Waals surface area contributed by atoms with Crippen molar-refractivity contribution in [3.63, 3.8) is 0 Å². The van der Waals surface area contributed by atoms with Gasteiger partial charge in [0.2, 0.25) is 5.91 Å². The van der Waals surface area contributed by atoms with Crippen molar-refractivity contribution in [2.45, 2.75) is 32.2 Å². The molecule has 0 aliphatic rings. The number of carboxylic acid groups (broad SMARTS) is 1. The number of halogens is 1. The first-order valence-corrected chi connectivity index (χ1v) is 7.05. The molecule has 0 aliphatic carbocycles. The second-order valence-electron chi connectivity index (χ2n) is 4.31. The van der Waals surface area contributed by atoms with Crippen molar-refractivity contribution in [2.24, 2.45) is 5.73 Å². The van der Waals surface area contributed by atoms with Crippen LogP contribution < -0.4 is 11.1 Å². The Hall–Kier alpha value is -1.15. The molecule has 19 heavy (non-hydrogen) atoms. The first-order chi connectivity index (χ1) is 8.84. The number of carboxylic acids is 1. The molecule has 5 nitrogen and oxygen atoms in total.